The van der Waals surface area contributed by atoms with Gasteiger partial charge < -0.3 is 4.90 Å². The highest BCUT2D eigenvalue weighted by Gasteiger charge is 2.32. The van der Waals surface area contributed by atoms with Crippen LogP contribution in [-0.2, 0) is 7.05 Å². The third-order valence-corrected chi connectivity index (χ3v) is 5.45. The Morgan fingerprint density at radius 1 is 1.17 bits per heavy atom. The van der Waals surface area contributed by atoms with Crippen LogP contribution in [0.3, 0.4) is 0 Å². The summed E-state index contributed by atoms with van der Waals surface area (Å²) >= 11 is 0. The summed E-state index contributed by atoms with van der Waals surface area (Å²) in [6.07, 6.45) is 11.2. The van der Waals surface area contributed by atoms with Gasteiger partial charge in [0, 0.05) is 39.1 Å². The van der Waals surface area contributed by atoms with Crippen molar-refractivity contribution in [1.29, 1.82) is 5.26 Å². The second kappa shape index (κ2) is 6.44. The van der Waals surface area contributed by atoms with Gasteiger partial charge in [0.25, 0.3) is 0 Å². The van der Waals surface area contributed by atoms with Crippen LogP contribution in [0.25, 0.3) is 28.0 Å². The number of aromatic nitrogens is 7. The number of rotatable bonds is 4. The maximum Gasteiger partial charge on any atom is 0.159 e. The molecule has 0 unspecified atom stereocenters. The van der Waals surface area contributed by atoms with E-state index < -0.39 is 0 Å². The van der Waals surface area contributed by atoms with Gasteiger partial charge in [0.15, 0.2) is 5.82 Å². The third kappa shape index (κ3) is 2.84. The Balaban J connectivity index is 1.66. The lowest BCUT2D eigenvalue weighted by molar-refractivity contribution is 0.230. The highest BCUT2D eigenvalue weighted by Crippen LogP contribution is 2.40. The quantitative estimate of drug-likeness (QED) is 0.534. The van der Waals surface area contributed by atoms with Gasteiger partial charge in [-0.25, -0.2) is 9.50 Å². The van der Waals surface area contributed by atoms with E-state index in [9.17, 15) is 0 Å². The lowest BCUT2D eigenvalue weighted by Crippen LogP contribution is -2.26. The van der Waals surface area contributed by atoms with Crippen LogP contribution in [-0.4, -0.2) is 48.3 Å². The van der Waals surface area contributed by atoms with Crippen molar-refractivity contribution in [1.82, 2.24) is 34.2 Å². The van der Waals surface area contributed by atoms with Crippen LogP contribution in [0.1, 0.15) is 18.9 Å². The second-order valence-electron chi connectivity index (χ2n) is 7.73. The van der Waals surface area contributed by atoms with E-state index >= 15 is 0 Å². The van der Waals surface area contributed by atoms with Gasteiger partial charge in [-0.1, -0.05) is 0 Å². The van der Waals surface area contributed by atoms with Crippen LogP contribution in [0.4, 0.5) is 5.82 Å². The fraction of sp³-hybridized carbons (Fsp3) is 0.350. The predicted molar refractivity (Wildman–Crippen MR) is 108 cm³/mol. The SMILES string of the molecule is CN(C)c1nn([C@H]2C[C@H](C#N)C2)cc1-c1nc(-c2cnn(C)c2)cn2nccc12. The zero-order valence-corrected chi connectivity index (χ0v) is 16.6. The molecule has 4 aromatic heterocycles. The Labute approximate surface area is 167 Å². The van der Waals surface area contributed by atoms with Gasteiger partial charge in [-0.15, -0.1) is 0 Å². The lowest BCUT2D eigenvalue weighted by atomic mass is 9.81. The fourth-order valence-corrected chi connectivity index (χ4v) is 3.79. The minimum atomic E-state index is 0.129. The van der Waals surface area contributed by atoms with E-state index in [1.807, 2.05) is 53.7 Å². The van der Waals surface area contributed by atoms with Gasteiger partial charge in [-0.05, 0) is 18.9 Å². The molecular formula is C20H21N9. The molecular weight excluding hydrogens is 366 g/mol. The molecule has 0 aliphatic heterocycles. The standard InChI is InChI=1S/C20H21N9/c1-26(2)20-16(11-28(25-20)15-6-13(7-15)8-21)19-18-4-5-22-29(18)12-17(24-19)14-9-23-27(3)10-14/h4-5,9-13,15H,6-7H2,1-3H3/t13-,15-. The number of nitriles is 1. The molecule has 1 aliphatic carbocycles. The summed E-state index contributed by atoms with van der Waals surface area (Å²) in [6, 6.07) is 4.56. The monoisotopic (exact) mass is 387 g/mol. The zero-order valence-electron chi connectivity index (χ0n) is 16.6. The number of hydrogen-bond acceptors (Lipinski definition) is 6. The Morgan fingerprint density at radius 3 is 2.69 bits per heavy atom. The summed E-state index contributed by atoms with van der Waals surface area (Å²) in [6.45, 7) is 0. The van der Waals surface area contributed by atoms with Gasteiger partial charge in [0.2, 0.25) is 0 Å². The first kappa shape index (κ1) is 17.4. The molecule has 1 aliphatic rings. The van der Waals surface area contributed by atoms with E-state index in [-0.39, 0.29) is 12.0 Å². The molecule has 1 saturated carbocycles. The van der Waals surface area contributed by atoms with E-state index in [0.717, 1.165) is 46.7 Å². The van der Waals surface area contributed by atoms with Crippen molar-refractivity contribution in [2.45, 2.75) is 18.9 Å². The normalized spacial score (nSPS) is 18.6. The van der Waals surface area contributed by atoms with E-state index in [1.54, 1.807) is 17.1 Å². The van der Waals surface area contributed by atoms with E-state index in [1.165, 1.54) is 0 Å². The molecule has 0 saturated heterocycles. The summed E-state index contributed by atoms with van der Waals surface area (Å²) in [5.74, 6) is 0.980. The van der Waals surface area contributed by atoms with Crippen LogP contribution >= 0.6 is 0 Å². The highest BCUT2D eigenvalue weighted by atomic mass is 15.4. The van der Waals surface area contributed by atoms with Crippen molar-refractivity contribution in [2.75, 3.05) is 19.0 Å². The average molecular weight is 387 g/mol. The molecule has 4 aromatic rings. The number of fused-ring (bicyclic) bond motifs is 1. The topological polar surface area (TPSA) is 92.9 Å². The van der Waals surface area contributed by atoms with Crippen LogP contribution in [0.5, 0.6) is 0 Å². The zero-order chi connectivity index (χ0) is 20.1. The summed E-state index contributed by atoms with van der Waals surface area (Å²) in [4.78, 5) is 6.97. The first-order chi connectivity index (χ1) is 14.0. The van der Waals surface area contributed by atoms with Crippen LogP contribution < -0.4 is 4.90 Å². The van der Waals surface area contributed by atoms with Gasteiger partial charge in [0.05, 0.1) is 53.4 Å². The molecule has 4 heterocycles. The molecule has 9 heteroatoms. The summed E-state index contributed by atoms with van der Waals surface area (Å²) < 4.78 is 5.59. The Hall–Kier alpha value is -3.67. The molecule has 9 nitrogen and oxygen atoms in total. The summed E-state index contributed by atoms with van der Waals surface area (Å²) in [5, 5.41) is 22.6. The molecule has 146 valence electrons. The van der Waals surface area contributed by atoms with Crippen molar-refractivity contribution >= 4 is 11.3 Å². The molecule has 0 bridgehead atoms. The van der Waals surface area contributed by atoms with Crippen LogP contribution in [0.15, 0.2) is 37.1 Å². The van der Waals surface area contributed by atoms with Crippen molar-refractivity contribution in [3.8, 4) is 28.6 Å². The highest BCUT2D eigenvalue weighted by molar-refractivity contribution is 5.84. The molecule has 0 spiro atoms. The number of aryl methyl sites for hydroxylation is 1. The molecule has 0 N–H and O–H groups in total. The Bertz CT molecular complexity index is 1230. The van der Waals surface area contributed by atoms with Gasteiger partial charge in [-0.2, -0.15) is 20.6 Å². The van der Waals surface area contributed by atoms with E-state index in [0.29, 0.717) is 0 Å². The fourth-order valence-electron chi connectivity index (χ4n) is 3.79. The molecule has 0 aromatic carbocycles. The lowest BCUT2D eigenvalue weighted by Gasteiger charge is -2.30. The molecule has 29 heavy (non-hydrogen) atoms. The molecule has 1 fully saturated rings. The molecule has 0 atom stereocenters. The number of hydrogen-bond donors (Lipinski definition) is 0. The third-order valence-electron chi connectivity index (χ3n) is 5.45. The number of nitrogens with zero attached hydrogens (tertiary/aromatic N) is 9. The predicted octanol–water partition coefficient (Wildman–Crippen LogP) is 2.53. The molecule has 0 radical (unpaired) electrons. The Kier molecular flexibility index (Phi) is 3.87. The number of anilines is 1. The average Bonchev–Trinajstić information content (AvgIpc) is 3.38. The van der Waals surface area contributed by atoms with E-state index in [4.69, 9.17) is 15.3 Å². The van der Waals surface area contributed by atoms with E-state index in [2.05, 4.69) is 22.5 Å². The minimum absolute atomic E-state index is 0.129. The summed E-state index contributed by atoms with van der Waals surface area (Å²) in [5.41, 5.74) is 4.43. The largest absolute Gasteiger partial charge is 0.361 e. The molecule has 5 rings (SSSR count). The van der Waals surface area contributed by atoms with Crippen molar-refractivity contribution < 1.29 is 0 Å². The van der Waals surface area contributed by atoms with Crippen molar-refractivity contribution in [3.63, 3.8) is 0 Å². The first-order valence-electron chi connectivity index (χ1n) is 9.53. The minimum Gasteiger partial charge on any atom is -0.361 e. The molecule has 0 amide bonds. The van der Waals surface area contributed by atoms with Gasteiger partial charge >= 0.3 is 0 Å². The van der Waals surface area contributed by atoms with Gasteiger partial charge in [0.1, 0.15) is 5.69 Å². The smallest absolute Gasteiger partial charge is 0.159 e. The van der Waals surface area contributed by atoms with Crippen LogP contribution in [0, 0.1) is 17.2 Å². The first-order valence-corrected chi connectivity index (χ1v) is 9.53. The second-order valence-corrected chi connectivity index (χ2v) is 7.73. The van der Waals surface area contributed by atoms with Crippen molar-refractivity contribution in [2.24, 2.45) is 13.0 Å². The Morgan fingerprint density at radius 2 is 2.00 bits per heavy atom. The summed E-state index contributed by atoms with van der Waals surface area (Å²) in [7, 11) is 5.85. The maximum atomic E-state index is 9.10. The maximum absolute atomic E-state index is 9.10. The van der Waals surface area contributed by atoms with Gasteiger partial charge in [-0.3, -0.25) is 9.36 Å². The van der Waals surface area contributed by atoms with Crippen LogP contribution in [0.2, 0.25) is 0 Å². The van der Waals surface area contributed by atoms with Crippen molar-refractivity contribution in [3.05, 3.63) is 37.1 Å².